The van der Waals surface area contributed by atoms with Crippen LogP contribution in [0.2, 0.25) is 5.15 Å². The number of nitrogens with one attached hydrogen (secondary N) is 1. The number of carbonyl (C=O) groups is 1. The van der Waals surface area contributed by atoms with Crippen LogP contribution in [0.25, 0.3) is 0 Å². The Hall–Kier alpha value is -1.28. The van der Waals surface area contributed by atoms with E-state index in [1.807, 2.05) is 0 Å². The number of aryl methyl sites for hydroxylation is 1. The molecule has 3 rings (SSSR count). The van der Waals surface area contributed by atoms with Gasteiger partial charge in [0.2, 0.25) is 11.8 Å². The average Bonchev–Trinajstić information content (AvgIpc) is 3.07. The van der Waals surface area contributed by atoms with Gasteiger partial charge >= 0.3 is 0 Å². The summed E-state index contributed by atoms with van der Waals surface area (Å²) in [7, 11) is -3.81. The Morgan fingerprint density at radius 1 is 1.22 bits per heavy atom. The van der Waals surface area contributed by atoms with Crippen LogP contribution in [0, 0.1) is 12.8 Å². The summed E-state index contributed by atoms with van der Waals surface area (Å²) >= 11 is 6.04. The molecule has 0 spiro atoms. The van der Waals surface area contributed by atoms with Gasteiger partial charge in [0, 0.05) is 24.6 Å². The first-order chi connectivity index (χ1) is 12.6. The first kappa shape index (κ1) is 20.5. The molecule has 0 aliphatic heterocycles. The standard InChI is InChI=1S/C18H23ClF2N2O3S/c1-11-5-6-15(16(19)22-11)27(25,26)14-4-2-3-13(14)17(24)23-12-7-9-18(20,21)10-8-12/h5-6,12-14H,2-4,7-10H2,1H3,(H,23,24)/t13-,14-/m0/s1. The number of nitrogens with zero attached hydrogens (tertiary/aromatic N) is 1. The lowest BCUT2D eigenvalue weighted by molar-refractivity contribution is -0.126. The normalized spacial score (nSPS) is 26.1. The number of pyridine rings is 1. The van der Waals surface area contributed by atoms with E-state index in [0.717, 1.165) is 0 Å². The molecule has 150 valence electrons. The van der Waals surface area contributed by atoms with E-state index in [-0.39, 0.29) is 47.7 Å². The van der Waals surface area contributed by atoms with Crippen LogP contribution < -0.4 is 5.32 Å². The Balaban J connectivity index is 1.73. The van der Waals surface area contributed by atoms with Crippen molar-refractivity contribution in [2.75, 3.05) is 0 Å². The van der Waals surface area contributed by atoms with Gasteiger partial charge in [0.1, 0.15) is 10.0 Å². The number of carbonyl (C=O) groups excluding carboxylic acids is 1. The molecule has 2 aliphatic rings. The third-order valence-electron chi connectivity index (χ3n) is 5.51. The van der Waals surface area contributed by atoms with Gasteiger partial charge in [0.05, 0.1) is 11.2 Å². The molecule has 0 aromatic carbocycles. The van der Waals surface area contributed by atoms with Gasteiger partial charge in [0.15, 0.2) is 9.84 Å². The quantitative estimate of drug-likeness (QED) is 0.754. The highest BCUT2D eigenvalue weighted by Crippen LogP contribution is 2.38. The largest absolute Gasteiger partial charge is 0.353 e. The maximum Gasteiger partial charge on any atom is 0.248 e. The molecule has 1 aromatic heterocycles. The van der Waals surface area contributed by atoms with Crippen molar-refractivity contribution in [2.24, 2.45) is 5.92 Å². The van der Waals surface area contributed by atoms with Crippen LogP contribution in [0.1, 0.15) is 50.6 Å². The Kier molecular flexibility index (Phi) is 5.77. The monoisotopic (exact) mass is 420 g/mol. The van der Waals surface area contributed by atoms with Gasteiger partial charge in [-0.15, -0.1) is 0 Å². The Bertz CT molecular complexity index is 822. The molecule has 0 saturated heterocycles. The maximum atomic E-state index is 13.3. The molecule has 9 heteroatoms. The van der Waals surface area contributed by atoms with Crippen molar-refractivity contribution in [1.82, 2.24) is 10.3 Å². The van der Waals surface area contributed by atoms with Gasteiger partial charge in [-0.25, -0.2) is 22.2 Å². The average molecular weight is 421 g/mol. The Morgan fingerprint density at radius 3 is 2.52 bits per heavy atom. The summed E-state index contributed by atoms with van der Waals surface area (Å²) in [5, 5.41) is 1.83. The van der Waals surface area contributed by atoms with E-state index < -0.39 is 26.9 Å². The fourth-order valence-electron chi connectivity index (χ4n) is 3.98. The summed E-state index contributed by atoms with van der Waals surface area (Å²) < 4.78 is 52.7. The Labute approximate surface area is 162 Å². The molecule has 0 unspecified atom stereocenters. The number of aromatic nitrogens is 1. The lowest BCUT2D eigenvalue weighted by Crippen LogP contribution is -2.45. The van der Waals surface area contributed by atoms with E-state index in [0.29, 0.717) is 25.0 Å². The van der Waals surface area contributed by atoms with Crippen LogP contribution >= 0.6 is 11.6 Å². The van der Waals surface area contributed by atoms with E-state index in [1.54, 1.807) is 13.0 Å². The lowest BCUT2D eigenvalue weighted by Gasteiger charge is -2.30. The van der Waals surface area contributed by atoms with E-state index >= 15 is 0 Å². The van der Waals surface area contributed by atoms with Crippen LogP contribution in [0.5, 0.6) is 0 Å². The first-order valence-corrected chi connectivity index (χ1v) is 11.1. The Morgan fingerprint density at radius 2 is 1.89 bits per heavy atom. The summed E-state index contributed by atoms with van der Waals surface area (Å²) in [6.45, 7) is 1.71. The minimum atomic E-state index is -3.81. The van der Waals surface area contributed by atoms with Gasteiger partial charge in [0.25, 0.3) is 0 Å². The zero-order valence-corrected chi connectivity index (χ0v) is 16.6. The van der Waals surface area contributed by atoms with Crippen LogP contribution in [-0.2, 0) is 14.6 Å². The van der Waals surface area contributed by atoms with E-state index in [4.69, 9.17) is 11.6 Å². The highest BCUT2D eigenvalue weighted by molar-refractivity contribution is 7.92. The van der Waals surface area contributed by atoms with Crippen molar-refractivity contribution in [3.05, 3.63) is 23.0 Å². The molecule has 1 amide bonds. The second kappa shape index (κ2) is 7.62. The molecule has 0 radical (unpaired) electrons. The zero-order chi connectivity index (χ0) is 19.8. The summed E-state index contributed by atoms with van der Waals surface area (Å²) in [6.07, 6.45) is 1.33. The summed E-state index contributed by atoms with van der Waals surface area (Å²) in [4.78, 5) is 16.6. The molecular formula is C18H23ClF2N2O3S. The lowest BCUT2D eigenvalue weighted by atomic mass is 9.91. The molecule has 2 atom stereocenters. The second-order valence-electron chi connectivity index (χ2n) is 7.50. The van der Waals surface area contributed by atoms with Crippen LogP contribution in [0.4, 0.5) is 8.78 Å². The minimum Gasteiger partial charge on any atom is -0.353 e. The molecule has 0 bridgehead atoms. The number of hydrogen-bond acceptors (Lipinski definition) is 4. The third-order valence-corrected chi connectivity index (χ3v) is 8.22. The SMILES string of the molecule is Cc1ccc(S(=O)(=O)[C@H]2CCC[C@@H]2C(=O)NC2CCC(F)(F)CC2)c(Cl)n1. The molecule has 1 heterocycles. The van der Waals surface area contributed by atoms with Gasteiger partial charge in [-0.05, 0) is 44.7 Å². The van der Waals surface area contributed by atoms with Crippen molar-refractivity contribution in [3.63, 3.8) is 0 Å². The maximum absolute atomic E-state index is 13.3. The summed E-state index contributed by atoms with van der Waals surface area (Å²) in [5.41, 5.74) is 0.605. The predicted octanol–water partition coefficient (Wildman–Crippen LogP) is 3.68. The second-order valence-corrected chi connectivity index (χ2v) is 9.99. The third kappa shape index (κ3) is 4.42. The summed E-state index contributed by atoms with van der Waals surface area (Å²) in [5.74, 6) is -3.74. The minimum absolute atomic E-state index is 0.0585. The smallest absolute Gasteiger partial charge is 0.248 e. The molecule has 27 heavy (non-hydrogen) atoms. The number of sulfone groups is 1. The van der Waals surface area contributed by atoms with Crippen molar-refractivity contribution in [3.8, 4) is 0 Å². The van der Waals surface area contributed by atoms with E-state index in [9.17, 15) is 22.0 Å². The van der Waals surface area contributed by atoms with Crippen molar-refractivity contribution in [1.29, 1.82) is 0 Å². The van der Waals surface area contributed by atoms with Crippen molar-refractivity contribution >= 4 is 27.3 Å². The fraction of sp³-hybridized carbons (Fsp3) is 0.667. The van der Waals surface area contributed by atoms with Crippen molar-refractivity contribution in [2.45, 2.75) is 74.0 Å². The summed E-state index contributed by atoms with van der Waals surface area (Å²) in [6, 6.07) is 2.67. The number of halogens is 3. The molecule has 2 aliphatic carbocycles. The van der Waals surface area contributed by atoms with E-state index in [2.05, 4.69) is 10.3 Å². The molecule has 1 N–H and O–H groups in total. The number of hydrogen-bond donors (Lipinski definition) is 1. The molecular weight excluding hydrogens is 398 g/mol. The molecule has 2 saturated carbocycles. The predicted molar refractivity (Wildman–Crippen MR) is 97.6 cm³/mol. The van der Waals surface area contributed by atoms with Gasteiger partial charge in [-0.1, -0.05) is 18.0 Å². The fourth-order valence-corrected chi connectivity index (χ4v) is 6.53. The van der Waals surface area contributed by atoms with Crippen LogP contribution in [-0.4, -0.2) is 36.5 Å². The number of amides is 1. The van der Waals surface area contributed by atoms with Crippen molar-refractivity contribution < 1.29 is 22.0 Å². The van der Waals surface area contributed by atoms with Crippen LogP contribution in [0.15, 0.2) is 17.0 Å². The van der Waals surface area contributed by atoms with E-state index in [1.165, 1.54) is 6.07 Å². The highest BCUT2D eigenvalue weighted by Gasteiger charge is 2.44. The van der Waals surface area contributed by atoms with Crippen LogP contribution in [0.3, 0.4) is 0 Å². The topological polar surface area (TPSA) is 76.1 Å². The highest BCUT2D eigenvalue weighted by atomic mass is 35.5. The number of alkyl halides is 2. The van der Waals surface area contributed by atoms with Gasteiger partial charge < -0.3 is 5.32 Å². The molecule has 2 fully saturated rings. The number of rotatable bonds is 4. The molecule has 5 nitrogen and oxygen atoms in total. The molecule has 1 aromatic rings. The zero-order valence-electron chi connectivity index (χ0n) is 15.1. The van der Waals surface area contributed by atoms with Gasteiger partial charge in [-0.2, -0.15) is 0 Å². The first-order valence-electron chi connectivity index (χ1n) is 9.15. The van der Waals surface area contributed by atoms with Gasteiger partial charge in [-0.3, -0.25) is 4.79 Å².